The summed E-state index contributed by atoms with van der Waals surface area (Å²) in [7, 11) is -3.66. The standard InChI is InChI=1S/C18H15ClO3S2/c1-13-7-9-15(10-8-13)24(20,21)18-16(11-17(19)23-18)22-12-14-5-3-2-4-6-14/h2-11H,12H2,1H3. The van der Waals surface area contributed by atoms with E-state index in [1.165, 1.54) is 0 Å². The maximum atomic E-state index is 12.9. The van der Waals surface area contributed by atoms with Crippen molar-refractivity contribution in [3.8, 4) is 5.75 Å². The van der Waals surface area contributed by atoms with Gasteiger partial charge >= 0.3 is 0 Å². The Balaban J connectivity index is 1.92. The summed E-state index contributed by atoms with van der Waals surface area (Å²) in [6.07, 6.45) is 0. The van der Waals surface area contributed by atoms with E-state index in [0.29, 0.717) is 4.34 Å². The molecular weight excluding hydrogens is 364 g/mol. The number of benzene rings is 2. The van der Waals surface area contributed by atoms with E-state index in [-0.39, 0.29) is 21.5 Å². The Kier molecular flexibility index (Phi) is 4.94. The molecule has 1 aromatic heterocycles. The summed E-state index contributed by atoms with van der Waals surface area (Å²) in [5, 5.41) is 0. The van der Waals surface area contributed by atoms with Gasteiger partial charge in [-0.05, 0) is 24.6 Å². The van der Waals surface area contributed by atoms with Gasteiger partial charge in [-0.25, -0.2) is 8.42 Å². The predicted molar refractivity (Wildman–Crippen MR) is 96.7 cm³/mol. The molecule has 0 aliphatic heterocycles. The van der Waals surface area contributed by atoms with E-state index < -0.39 is 9.84 Å². The zero-order chi connectivity index (χ0) is 17.2. The quantitative estimate of drug-likeness (QED) is 0.618. The third kappa shape index (κ3) is 3.64. The number of halogens is 1. The highest BCUT2D eigenvalue weighted by molar-refractivity contribution is 7.93. The Morgan fingerprint density at radius 3 is 2.38 bits per heavy atom. The van der Waals surface area contributed by atoms with Crippen molar-refractivity contribution in [2.75, 3.05) is 0 Å². The van der Waals surface area contributed by atoms with E-state index in [2.05, 4.69) is 0 Å². The van der Waals surface area contributed by atoms with Gasteiger partial charge in [0.25, 0.3) is 0 Å². The van der Waals surface area contributed by atoms with Crippen LogP contribution in [0.5, 0.6) is 5.75 Å². The van der Waals surface area contributed by atoms with Crippen molar-refractivity contribution in [2.45, 2.75) is 22.6 Å². The van der Waals surface area contributed by atoms with Gasteiger partial charge in [0.15, 0.2) is 9.96 Å². The minimum atomic E-state index is -3.66. The van der Waals surface area contributed by atoms with Crippen molar-refractivity contribution in [2.24, 2.45) is 0 Å². The van der Waals surface area contributed by atoms with Crippen LogP contribution in [0.25, 0.3) is 0 Å². The molecule has 0 aliphatic carbocycles. The third-order valence-electron chi connectivity index (χ3n) is 3.45. The molecule has 2 aromatic carbocycles. The highest BCUT2D eigenvalue weighted by atomic mass is 35.5. The molecule has 0 fully saturated rings. The van der Waals surface area contributed by atoms with E-state index in [4.69, 9.17) is 16.3 Å². The van der Waals surface area contributed by atoms with Crippen LogP contribution in [0.4, 0.5) is 0 Å². The van der Waals surface area contributed by atoms with E-state index in [1.807, 2.05) is 37.3 Å². The molecule has 1 heterocycles. The largest absolute Gasteiger partial charge is 0.487 e. The Hall–Kier alpha value is -1.82. The lowest BCUT2D eigenvalue weighted by Gasteiger charge is -2.08. The summed E-state index contributed by atoms with van der Waals surface area (Å²) in [5.41, 5.74) is 1.96. The van der Waals surface area contributed by atoms with E-state index in [1.54, 1.807) is 30.3 Å². The van der Waals surface area contributed by atoms with Crippen molar-refractivity contribution in [1.29, 1.82) is 0 Å². The van der Waals surface area contributed by atoms with Crippen molar-refractivity contribution in [3.05, 3.63) is 76.1 Å². The van der Waals surface area contributed by atoms with Gasteiger partial charge in [0.1, 0.15) is 6.61 Å². The normalized spacial score (nSPS) is 11.4. The van der Waals surface area contributed by atoms with Gasteiger partial charge in [0.05, 0.1) is 9.23 Å². The molecule has 0 unspecified atom stereocenters. The molecule has 0 radical (unpaired) electrons. The monoisotopic (exact) mass is 378 g/mol. The molecule has 0 atom stereocenters. The van der Waals surface area contributed by atoms with Crippen LogP contribution in [-0.2, 0) is 16.4 Å². The van der Waals surface area contributed by atoms with Crippen LogP contribution in [0, 0.1) is 6.92 Å². The first-order chi connectivity index (χ1) is 11.5. The summed E-state index contributed by atoms with van der Waals surface area (Å²) in [6.45, 7) is 2.19. The number of rotatable bonds is 5. The summed E-state index contributed by atoms with van der Waals surface area (Å²) < 4.78 is 32.0. The Morgan fingerprint density at radius 2 is 1.71 bits per heavy atom. The van der Waals surface area contributed by atoms with Crippen molar-refractivity contribution < 1.29 is 13.2 Å². The first kappa shape index (κ1) is 17.0. The number of aryl methyl sites for hydroxylation is 1. The number of hydrogen-bond donors (Lipinski definition) is 0. The smallest absolute Gasteiger partial charge is 0.219 e. The van der Waals surface area contributed by atoms with Crippen LogP contribution >= 0.6 is 22.9 Å². The average Bonchev–Trinajstić information content (AvgIpc) is 2.96. The maximum absolute atomic E-state index is 12.9. The number of hydrogen-bond acceptors (Lipinski definition) is 4. The molecule has 3 rings (SSSR count). The molecule has 6 heteroatoms. The Morgan fingerprint density at radius 1 is 1.04 bits per heavy atom. The molecular formula is C18H15ClO3S2. The topological polar surface area (TPSA) is 43.4 Å². The van der Waals surface area contributed by atoms with Crippen LogP contribution in [0.2, 0.25) is 4.34 Å². The van der Waals surface area contributed by atoms with Crippen LogP contribution < -0.4 is 4.74 Å². The van der Waals surface area contributed by atoms with Gasteiger partial charge in [0, 0.05) is 6.07 Å². The lowest BCUT2D eigenvalue weighted by molar-refractivity contribution is 0.300. The molecule has 0 N–H and O–H groups in total. The minimum Gasteiger partial charge on any atom is -0.487 e. The third-order valence-corrected chi connectivity index (χ3v) is 6.98. The molecule has 24 heavy (non-hydrogen) atoms. The van der Waals surface area contributed by atoms with Gasteiger partial charge in [-0.15, -0.1) is 11.3 Å². The number of thiophene rings is 1. The van der Waals surface area contributed by atoms with E-state index in [0.717, 1.165) is 22.5 Å². The highest BCUT2D eigenvalue weighted by Crippen LogP contribution is 2.40. The molecule has 3 aromatic rings. The zero-order valence-electron chi connectivity index (χ0n) is 12.9. The van der Waals surface area contributed by atoms with Crippen molar-refractivity contribution >= 4 is 32.8 Å². The Labute approximate surface area is 150 Å². The van der Waals surface area contributed by atoms with Gasteiger partial charge in [-0.1, -0.05) is 59.6 Å². The van der Waals surface area contributed by atoms with Gasteiger partial charge in [-0.2, -0.15) is 0 Å². The first-order valence-electron chi connectivity index (χ1n) is 7.24. The SMILES string of the molecule is Cc1ccc(S(=O)(=O)c2sc(Cl)cc2OCc2ccccc2)cc1. The summed E-state index contributed by atoms with van der Waals surface area (Å²) >= 11 is 7.05. The molecule has 0 bridgehead atoms. The average molecular weight is 379 g/mol. The first-order valence-corrected chi connectivity index (χ1v) is 9.92. The second kappa shape index (κ2) is 6.97. The van der Waals surface area contributed by atoms with Crippen LogP contribution in [0.1, 0.15) is 11.1 Å². The van der Waals surface area contributed by atoms with Crippen LogP contribution in [0.15, 0.2) is 69.8 Å². The van der Waals surface area contributed by atoms with E-state index in [9.17, 15) is 8.42 Å². The summed E-state index contributed by atoms with van der Waals surface area (Å²) in [6, 6.07) is 17.9. The fourth-order valence-electron chi connectivity index (χ4n) is 2.18. The molecule has 0 saturated carbocycles. The molecule has 124 valence electrons. The maximum Gasteiger partial charge on any atom is 0.219 e. The fraction of sp³-hybridized carbons (Fsp3) is 0.111. The van der Waals surface area contributed by atoms with Crippen molar-refractivity contribution in [1.82, 2.24) is 0 Å². The van der Waals surface area contributed by atoms with Crippen LogP contribution in [-0.4, -0.2) is 8.42 Å². The Bertz CT molecular complexity index is 930. The molecule has 0 spiro atoms. The van der Waals surface area contributed by atoms with Crippen LogP contribution in [0.3, 0.4) is 0 Å². The minimum absolute atomic E-state index is 0.132. The van der Waals surface area contributed by atoms with Gasteiger partial charge < -0.3 is 4.74 Å². The second-order valence-corrected chi connectivity index (χ2v) is 9.12. The lowest BCUT2D eigenvalue weighted by Crippen LogP contribution is -2.03. The van der Waals surface area contributed by atoms with Gasteiger partial charge in [-0.3, -0.25) is 0 Å². The fourth-order valence-corrected chi connectivity index (χ4v) is 5.30. The molecule has 0 amide bonds. The molecule has 0 aliphatic rings. The van der Waals surface area contributed by atoms with Gasteiger partial charge in [0.2, 0.25) is 9.84 Å². The predicted octanol–water partition coefficient (Wildman–Crippen LogP) is 5.12. The number of ether oxygens (including phenoxy) is 1. The second-order valence-electron chi connectivity index (χ2n) is 5.29. The van der Waals surface area contributed by atoms with E-state index >= 15 is 0 Å². The molecule has 0 saturated heterocycles. The summed E-state index contributed by atoms with van der Waals surface area (Å²) in [4.78, 5) is 0.233. The zero-order valence-corrected chi connectivity index (χ0v) is 15.3. The highest BCUT2D eigenvalue weighted by Gasteiger charge is 2.25. The van der Waals surface area contributed by atoms with Crippen molar-refractivity contribution in [3.63, 3.8) is 0 Å². The molecule has 3 nitrogen and oxygen atoms in total. The number of sulfone groups is 1. The summed E-state index contributed by atoms with van der Waals surface area (Å²) in [5.74, 6) is 0.287. The lowest BCUT2D eigenvalue weighted by atomic mass is 10.2.